The highest BCUT2D eigenvalue weighted by atomic mass is 16.5. The molecule has 0 atom stereocenters. The third-order valence-corrected chi connectivity index (χ3v) is 3.51. The molecule has 1 aromatic carbocycles. The van der Waals surface area contributed by atoms with E-state index in [1.807, 2.05) is 0 Å². The first-order valence-corrected chi connectivity index (χ1v) is 7.34. The van der Waals surface area contributed by atoms with Gasteiger partial charge in [-0.15, -0.1) is 0 Å². The molecule has 0 aromatic heterocycles. The Hall–Kier alpha value is -1.88. The van der Waals surface area contributed by atoms with Crippen LogP contribution in [-0.4, -0.2) is 31.7 Å². The van der Waals surface area contributed by atoms with Gasteiger partial charge in [0.15, 0.2) is 0 Å². The number of esters is 1. The number of amides is 1. The molecule has 1 aliphatic rings. The van der Waals surface area contributed by atoms with Crippen molar-refractivity contribution < 1.29 is 19.1 Å². The van der Waals surface area contributed by atoms with E-state index in [0.29, 0.717) is 30.2 Å². The molecule has 1 aliphatic heterocycles. The SMILES string of the molecule is CCOC(=O)c1ccccc1NC(=O)CC1CCOCC1. The summed E-state index contributed by atoms with van der Waals surface area (Å²) in [6.45, 7) is 3.50. The van der Waals surface area contributed by atoms with Crippen LogP contribution in [0.3, 0.4) is 0 Å². The molecule has 1 N–H and O–H groups in total. The molecule has 0 radical (unpaired) electrons. The zero-order chi connectivity index (χ0) is 15.1. The molecule has 0 saturated carbocycles. The molecule has 1 amide bonds. The third kappa shape index (κ3) is 4.56. The molecule has 5 heteroatoms. The van der Waals surface area contributed by atoms with Crippen molar-refractivity contribution in [1.29, 1.82) is 0 Å². The normalized spacial score (nSPS) is 15.5. The van der Waals surface area contributed by atoms with Crippen molar-refractivity contribution in [3.05, 3.63) is 29.8 Å². The molecule has 0 spiro atoms. The maximum absolute atomic E-state index is 12.1. The average Bonchev–Trinajstić information content (AvgIpc) is 2.49. The van der Waals surface area contributed by atoms with Gasteiger partial charge >= 0.3 is 5.97 Å². The molecule has 0 unspecified atom stereocenters. The lowest BCUT2D eigenvalue weighted by Gasteiger charge is -2.21. The summed E-state index contributed by atoms with van der Waals surface area (Å²) in [5, 5.41) is 2.82. The van der Waals surface area contributed by atoms with Crippen molar-refractivity contribution >= 4 is 17.6 Å². The molecule has 2 rings (SSSR count). The molecule has 5 nitrogen and oxygen atoms in total. The number of nitrogens with one attached hydrogen (secondary N) is 1. The van der Waals surface area contributed by atoms with E-state index in [9.17, 15) is 9.59 Å². The molecule has 1 saturated heterocycles. The quantitative estimate of drug-likeness (QED) is 0.847. The minimum Gasteiger partial charge on any atom is -0.462 e. The third-order valence-electron chi connectivity index (χ3n) is 3.51. The largest absolute Gasteiger partial charge is 0.462 e. The number of anilines is 1. The number of para-hydroxylation sites is 1. The van der Waals surface area contributed by atoms with Gasteiger partial charge < -0.3 is 14.8 Å². The zero-order valence-electron chi connectivity index (χ0n) is 12.3. The maximum Gasteiger partial charge on any atom is 0.340 e. The first kappa shape index (κ1) is 15.5. The van der Waals surface area contributed by atoms with Crippen LogP contribution in [-0.2, 0) is 14.3 Å². The number of carbonyl (C=O) groups excluding carboxylic acids is 2. The number of hydrogen-bond acceptors (Lipinski definition) is 4. The minimum absolute atomic E-state index is 0.0707. The van der Waals surface area contributed by atoms with Gasteiger partial charge in [-0.2, -0.15) is 0 Å². The van der Waals surface area contributed by atoms with Gasteiger partial charge in [0.25, 0.3) is 0 Å². The molecule has 1 fully saturated rings. The van der Waals surface area contributed by atoms with Gasteiger partial charge in [0.1, 0.15) is 0 Å². The summed E-state index contributed by atoms with van der Waals surface area (Å²) >= 11 is 0. The molecule has 21 heavy (non-hydrogen) atoms. The Morgan fingerprint density at radius 2 is 2.00 bits per heavy atom. The van der Waals surface area contributed by atoms with Crippen LogP contribution in [0.4, 0.5) is 5.69 Å². The highest BCUT2D eigenvalue weighted by Gasteiger charge is 2.19. The Bertz CT molecular complexity index is 495. The Labute approximate surface area is 124 Å². The summed E-state index contributed by atoms with van der Waals surface area (Å²) in [5.74, 6) is -0.133. The predicted molar refractivity (Wildman–Crippen MR) is 79.2 cm³/mol. The van der Waals surface area contributed by atoms with Gasteiger partial charge in [-0.3, -0.25) is 4.79 Å². The number of benzene rings is 1. The Kier molecular flexibility index (Phi) is 5.75. The summed E-state index contributed by atoms with van der Waals surface area (Å²) in [7, 11) is 0. The molecule has 1 heterocycles. The summed E-state index contributed by atoms with van der Waals surface area (Å²) in [5.41, 5.74) is 0.896. The van der Waals surface area contributed by atoms with Crippen molar-refractivity contribution in [2.24, 2.45) is 5.92 Å². The second kappa shape index (κ2) is 7.78. The van der Waals surface area contributed by atoms with Crippen molar-refractivity contribution in [2.45, 2.75) is 26.2 Å². The fourth-order valence-corrected chi connectivity index (χ4v) is 2.39. The second-order valence-corrected chi connectivity index (χ2v) is 5.07. The van der Waals surface area contributed by atoms with Gasteiger partial charge in [-0.1, -0.05) is 12.1 Å². The van der Waals surface area contributed by atoms with Crippen molar-refractivity contribution in [3.8, 4) is 0 Å². The number of rotatable bonds is 5. The molecular weight excluding hydrogens is 270 g/mol. The fourth-order valence-electron chi connectivity index (χ4n) is 2.39. The number of ether oxygens (including phenoxy) is 2. The first-order chi connectivity index (χ1) is 10.2. The second-order valence-electron chi connectivity index (χ2n) is 5.07. The lowest BCUT2D eigenvalue weighted by molar-refractivity contribution is -0.117. The molecule has 0 bridgehead atoms. The van der Waals surface area contributed by atoms with Crippen molar-refractivity contribution in [1.82, 2.24) is 0 Å². The van der Waals surface area contributed by atoms with Crippen LogP contribution < -0.4 is 5.32 Å². The predicted octanol–water partition coefficient (Wildman–Crippen LogP) is 2.62. The van der Waals surface area contributed by atoms with E-state index in [-0.39, 0.29) is 5.91 Å². The van der Waals surface area contributed by atoms with Crippen molar-refractivity contribution in [3.63, 3.8) is 0 Å². The Balaban J connectivity index is 1.98. The summed E-state index contributed by atoms with van der Waals surface area (Å²) < 4.78 is 10.3. The highest BCUT2D eigenvalue weighted by molar-refractivity contribution is 6.01. The highest BCUT2D eigenvalue weighted by Crippen LogP contribution is 2.21. The van der Waals surface area contributed by atoms with Gasteiger partial charge in [-0.25, -0.2) is 4.79 Å². The molecule has 114 valence electrons. The fraction of sp³-hybridized carbons (Fsp3) is 0.500. The minimum atomic E-state index is -0.417. The molecule has 1 aromatic rings. The van der Waals surface area contributed by atoms with Crippen LogP contribution in [0, 0.1) is 5.92 Å². The first-order valence-electron chi connectivity index (χ1n) is 7.34. The van der Waals surface area contributed by atoms with E-state index in [0.717, 1.165) is 26.1 Å². The van der Waals surface area contributed by atoms with Crippen LogP contribution in [0.15, 0.2) is 24.3 Å². The lowest BCUT2D eigenvalue weighted by atomic mass is 9.96. The summed E-state index contributed by atoms with van der Waals surface area (Å²) in [4.78, 5) is 24.0. The van der Waals surface area contributed by atoms with E-state index in [4.69, 9.17) is 9.47 Å². The molecular formula is C16H21NO4. The van der Waals surface area contributed by atoms with Crippen molar-refractivity contribution in [2.75, 3.05) is 25.1 Å². The Morgan fingerprint density at radius 1 is 1.29 bits per heavy atom. The van der Waals surface area contributed by atoms with Crippen LogP contribution in [0.25, 0.3) is 0 Å². The lowest BCUT2D eigenvalue weighted by Crippen LogP contribution is -2.23. The van der Waals surface area contributed by atoms with Gasteiger partial charge in [0.2, 0.25) is 5.91 Å². The van der Waals surface area contributed by atoms with Crippen LogP contribution in [0.2, 0.25) is 0 Å². The molecule has 0 aliphatic carbocycles. The van der Waals surface area contributed by atoms with Gasteiger partial charge in [0.05, 0.1) is 17.9 Å². The van der Waals surface area contributed by atoms with Gasteiger partial charge in [-0.05, 0) is 37.8 Å². The van der Waals surface area contributed by atoms with Crippen LogP contribution >= 0.6 is 0 Å². The van der Waals surface area contributed by atoms with E-state index in [1.165, 1.54) is 0 Å². The van der Waals surface area contributed by atoms with E-state index >= 15 is 0 Å². The summed E-state index contributed by atoms with van der Waals surface area (Å²) in [6, 6.07) is 6.91. The standard InChI is InChI=1S/C16H21NO4/c1-2-21-16(19)13-5-3-4-6-14(13)17-15(18)11-12-7-9-20-10-8-12/h3-6,12H,2,7-11H2,1H3,(H,17,18). The maximum atomic E-state index is 12.1. The zero-order valence-corrected chi connectivity index (χ0v) is 12.3. The Morgan fingerprint density at radius 3 is 2.71 bits per heavy atom. The van der Waals surface area contributed by atoms with Crippen LogP contribution in [0.1, 0.15) is 36.5 Å². The number of carbonyl (C=O) groups is 2. The van der Waals surface area contributed by atoms with Gasteiger partial charge in [0, 0.05) is 19.6 Å². The summed E-state index contributed by atoms with van der Waals surface area (Å²) in [6.07, 6.45) is 2.28. The smallest absolute Gasteiger partial charge is 0.340 e. The van der Waals surface area contributed by atoms with E-state index in [2.05, 4.69) is 5.32 Å². The topological polar surface area (TPSA) is 64.6 Å². The number of hydrogen-bond donors (Lipinski definition) is 1. The monoisotopic (exact) mass is 291 g/mol. The average molecular weight is 291 g/mol. The van der Waals surface area contributed by atoms with Crippen LogP contribution in [0.5, 0.6) is 0 Å². The van der Waals surface area contributed by atoms with E-state index < -0.39 is 5.97 Å². The van der Waals surface area contributed by atoms with E-state index in [1.54, 1.807) is 31.2 Å².